The minimum Gasteiger partial charge on any atom is -0.489 e. The Kier molecular flexibility index (Phi) is 10.2. The Morgan fingerprint density at radius 1 is 1.10 bits per heavy atom. The highest BCUT2D eigenvalue weighted by Crippen LogP contribution is 2.33. The van der Waals surface area contributed by atoms with Crippen LogP contribution >= 0.6 is 11.6 Å². The molecular weight excluding hydrogens is 560 g/mol. The molecule has 1 saturated heterocycles. The van der Waals surface area contributed by atoms with E-state index in [1.807, 2.05) is 65.0 Å². The van der Waals surface area contributed by atoms with Gasteiger partial charge >= 0.3 is 0 Å². The number of likely N-dealkylation sites (tertiary alicyclic amines) is 1. The number of hydrogen-bond donors (Lipinski definition) is 3. The van der Waals surface area contributed by atoms with E-state index in [1.54, 1.807) is 6.07 Å². The Hall–Kier alpha value is -3.21. The summed E-state index contributed by atoms with van der Waals surface area (Å²) < 4.78 is 19.0. The first-order valence-electron chi connectivity index (χ1n) is 13.9. The first-order chi connectivity index (χ1) is 19.5. The molecule has 1 amide bonds. The van der Waals surface area contributed by atoms with Gasteiger partial charge in [0.1, 0.15) is 10.8 Å². The van der Waals surface area contributed by atoms with Crippen molar-refractivity contribution in [3.05, 3.63) is 58.7 Å². The number of nitrogens with one attached hydrogen (secondary N) is 3. The molecule has 2 heterocycles. The van der Waals surface area contributed by atoms with Crippen molar-refractivity contribution in [3.63, 3.8) is 0 Å². The standard InChI is InChI=1S/C30H39ClN6O3S/c1-18(2)40-26-15-20(5)22(29(38)33-21-11-13-37(6)14-12-21)16-25(26)35-30-32-17-23(31)28(36-30)34-24-9-7-8-10-27(24)41(39)19(3)4/h7-10,15-19,21H,11-14H2,1-6H3,(H,33,38)(H2,32,34,35,36). The molecule has 1 aliphatic rings. The number of amides is 1. The van der Waals surface area contributed by atoms with Gasteiger partial charge in [0.05, 0.1) is 39.4 Å². The van der Waals surface area contributed by atoms with Gasteiger partial charge in [-0.1, -0.05) is 37.6 Å². The van der Waals surface area contributed by atoms with Gasteiger partial charge < -0.3 is 25.6 Å². The second-order valence-corrected chi connectivity index (χ2v) is 13.2. The summed E-state index contributed by atoms with van der Waals surface area (Å²) in [4.78, 5) is 25.2. The lowest BCUT2D eigenvalue weighted by atomic mass is 10.0. The van der Waals surface area contributed by atoms with Gasteiger partial charge in [-0.15, -0.1) is 0 Å². The molecule has 3 aromatic rings. The van der Waals surface area contributed by atoms with Gasteiger partial charge in [0.25, 0.3) is 5.91 Å². The third kappa shape index (κ3) is 7.96. The Morgan fingerprint density at radius 2 is 1.80 bits per heavy atom. The summed E-state index contributed by atoms with van der Waals surface area (Å²) in [5, 5.41) is 9.90. The van der Waals surface area contributed by atoms with E-state index in [2.05, 4.69) is 37.9 Å². The molecule has 220 valence electrons. The molecule has 0 radical (unpaired) electrons. The summed E-state index contributed by atoms with van der Waals surface area (Å²) >= 11 is 6.46. The third-order valence-corrected chi connectivity index (χ3v) is 8.69. The average Bonchev–Trinajstić information content (AvgIpc) is 2.92. The van der Waals surface area contributed by atoms with Crippen molar-refractivity contribution in [1.82, 2.24) is 20.2 Å². The number of carbonyl (C=O) groups is 1. The normalized spacial score (nSPS) is 15.1. The Morgan fingerprint density at radius 3 is 2.49 bits per heavy atom. The number of para-hydroxylation sites is 1. The highest BCUT2D eigenvalue weighted by Gasteiger charge is 2.22. The Labute approximate surface area is 249 Å². The van der Waals surface area contributed by atoms with Crippen molar-refractivity contribution < 1.29 is 13.7 Å². The number of anilines is 4. The van der Waals surface area contributed by atoms with Crippen LogP contribution in [0.2, 0.25) is 5.02 Å². The maximum atomic E-state index is 13.3. The zero-order valence-electron chi connectivity index (χ0n) is 24.5. The SMILES string of the molecule is Cc1cc(OC(C)C)c(Nc2ncc(Cl)c(Nc3ccccc3S(=O)C(C)C)n2)cc1C(=O)NC1CCN(C)CC1. The van der Waals surface area contributed by atoms with Crippen LogP contribution in [0.4, 0.5) is 23.1 Å². The van der Waals surface area contributed by atoms with E-state index < -0.39 is 10.8 Å². The molecule has 0 aliphatic carbocycles. The smallest absolute Gasteiger partial charge is 0.251 e. The number of aryl methyl sites for hydroxylation is 1. The van der Waals surface area contributed by atoms with Gasteiger partial charge in [-0.25, -0.2) is 4.98 Å². The predicted molar refractivity (Wildman–Crippen MR) is 167 cm³/mol. The van der Waals surface area contributed by atoms with Crippen LogP contribution < -0.4 is 20.7 Å². The summed E-state index contributed by atoms with van der Waals surface area (Å²) in [6.45, 7) is 11.5. The molecular formula is C30H39ClN6O3S. The predicted octanol–water partition coefficient (Wildman–Crippen LogP) is 6.05. The van der Waals surface area contributed by atoms with Crippen LogP contribution in [0.5, 0.6) is 5.75 Å². The first-order valence-corrected chi connectivity index (χ1v) is 15.5. The summed E-state index contributed by atoms with van der Waals surface area (Å²) in [5.41, 5.74) is 2.58. The number of piperidine rings is 1. The van der Waals surface area contributed by atoms with Crippen molar-refractivity contribution in [3.8, 4) is 5.75 Å². The number of carbonyl (C=O) groups excluding carboxylic acids is 1. The van der Waals surface area contributed by atoms with Crippen molar-refractivity contribution in [1.29, 1.82) is 0 Å². The van der Waals surface area contributed by atoms with Crippen LogP contribution in [0, 0.1) is 6.92 Å². The molecule has 9 nitrogen and oxygen atoms in total. The Bertz CT molecular complexity index is 1410. The number of hydrogen-bond acceptors (Lipinski definition) is 8. The van der Waals surface area contributed by atoms with Gasteiger partial charge in [-0.05, 0) is 83.6 Å². The van der Waals surface area contributed by atoms with E-state index in [4.69, 9.17) is 16.3 Å². The van der Waals surface area contributed by atoms with Crippen molar-refractivity contribution in [2.45, 2.75) is 69.8 Å². The van der Waals surface area contributed by atoms with Crippen molar-refractivity contribution in [2.24, 2.45) is 0 Å². The number of ether oxygens (including phenoxy) is 1. The van der Waals surface area contributed by atoms with Crippen LogP contribution in [0.3, 0.4) is 0 Å². The lowest BCUT2D eigenvalue weighted by Gasteiger charge is -2.29. The fraction of sp³-hybridized carbons (Fsp3) is 0.433. The lowest BCUT2D eigenvalue weighted by molar-refractivity contribution is 0.0916. The van der Waals surface area contributed by atoms with E-state index in [0.29, 0.717) is 38.4 Å². The largest absolute Gasteiger partial charge is 0.489 e. The highest BCUT2D eigenvalue weighted by molar-refractivity contribution is 7.85. The molecule has 0 bridgehead atoms. The van der Waals surface area contributed by atoms with E-state index >= 15 is 0 Å². The van der Waals surface area contributed by atoms with E-state index in [0.717, 1.165) is 31.5 Å². The summed E-state index contributed by atoms with van der Waals surface area (Å²) in [6, 6.07) is 11.2. The van der Waals surface area contributed by atoms with E-state index in [-0.39, 0.29) is 29.3 Å². The van der Waals surface area contributed by atoms with Gasteiger partial charge in [-0.2, -0.15) is 4.98 Å². The summed E-state index contributed by atoms with van der Waals surface area (Å²) in [7, 11) is 0.887. The molecule has 0 saturated carbocycles. The number of benzene rings is 2. The van der Waals surface area contributed by atoms with Gasteiger partial charge in [0.15, 0.2) is 5.82 Å². The van der Waals surface area contributed by atoms with Gasteiger partial charge in [-0.3, -0.25) is 9.00 Å². The second-order valence-electron chi connectivity index (χ2n) is 10.9. The van der Waals surface area contributed by atoms with Crippen LogP contribution in [-0.2, 0) is 10.8 Å². The lowest BCUT2D eigenvalue weighted by Crippen LogP contribution is -2.43. The maximum Gasteiger partial charge on any atom is 0.251 e. The number of rotatable bonds is 10. The van der Waals surface area contributed by atoms with E-state index in [1.165, 1.54) is 6.20 Å². The molecule has 1 aliphatic heterocycles. The van der Waals surface area contributed by atoms with Gasteiger partial charge in [0, 0.05) is 16.9 Å². The van der Waals surface area contributed by atoms with Crippen molar-refractivity contribution in [2.75, 3.05) is 30.8 Å². The quantitative estimate of drug-likeness (QED) is 0.259. The fourth-order valence-electron chi connectivity index (χ4n) is 4.55. The molecule has 41 heavy (non-hydrogen) atoms. The molecule has 1 unspecified atom stereocenters. The molecule has 4 rings (SSSR count). The van der Waals surface area contributed by atoms with Crippen LogP contribution in [0.25, 0.3) is 0 Å². The molecule has 1 atom stereocenters. The molecule has 2 aromatic carbocycles. The van der Waals surface area contributed by atoms with Gasteiger partial charge in [0.2, 0.25) is 5.95 Å². The van der Waals surface area contributed by atoms with Crippen LogP contribution in [0.15, 0.2) is 47.5 Å². The van der Waals surface area contributed by atoms with Crippen LogP contribution in [0.1, 0.15) is 56.5 Å². The molecule has 0 spiro atoms. The second kappa shape index (κ2) is 13.6. The number of halogens is 1. The summed E-state index contributed by atoms with van der Waals surface area (Å²) in [6.07, 6.45) is 3.24. The molecule has 1 fully saturated rings. The first kappa shape index (κ1) is 30.7. The number of nitrogens with zero attached hydrogens (tertiary/aromatic N) is 3. The minimum absolute atomic E-state index is 0.0530. The average molecular weight is 599 g/mol. The third-order valence-electron chi connectivity index (χ3n) is 6.76. The molecule has 1 aromatic heterocycles. The molecule has 11 heteroatoms. The van der Waals surface area contributed by atoms with E-state index in [9.17, 15) is 9.00 Å². The fourth-order valence-corrected chi connectivity index (χ4v) is 5.75. The van der Waals surface area contributed by atoms with Crippen LogP contribution in [-0.4, -0.2) is 62.5 Å². The topological polar surface area (TPSA) is 108 Å². The highest BCUT2D eigenvalue weighted by atomic mass is 35.5. The van der Waals surface area contributed by atoms with Crippen molar-refractivity contribution >= 4 is 51.4 Å². The minimum atomic E-state index is -1.21. The Balaban J connectivity index is 1.62. The maximum absolute atomic E-state index is 13.3. The molecule has 3 N–H and O–H groups in total. The number of aromatic nitrogens is 2. The zero-order valence-corrected chi connectivity index (χ0v) is 26.0. The summed E-state index contributed by atoms with van der Waals surface area (Å²) in [5.74, 6) is 1.08. The zero-order chi connectivity index (χ0) is 29.7. The monoisotopic (exact) mass is 598 g/mol.